The minimum absolute atomic E-state index is 0.0686. The van der Waals surface area contributed by atoms with Crippen LogP contribution in [0.5, 0.6) is 0 Å². The SMILES string of the molecule is Cc1nn(Cc2c(F)cc(C#N)cc2F)c(C)c1NC(=O)c1cc(C(N)=O)nc2ccc(Br)cc12. The average molecular weight is 539 g/mol. The predicted molar refractivity (Wildman–Crippen MR) is 128 cm³/mol. The van der Waals surface area contributed by atoms with Gasteiger partial charge >= 0.3 is 0 Å². The normalized spacial score (nSPS) is 10.9. The summed E-state index contributed by atoms with van der Waals surface area (Å²) in [6, 6.07) is 9.99. The summed E-state index contributed by atoms with van der Waals surface area (Å²) in [5.41, 5.74) is 6.73. The Hall–Kier alpha value is -4.17. The van der Waals surface area contributed by atoms with Gasteiger partial charge in [-0.25, -0.2) is 13.8 Å². The molecule has 2 heterocycles. The van der Waals surface area contributed by atoms with E-state index in [1.807, 2.05) is 0 Å². The van der Waals surface area contributed by atoms with Crippen molar-refractivity contribution in [3.8, 4) is 6.07 Å². The molecule has 0 atom stereocenters. The van der Waals surface area contributed by atoms with Gasteiger partial charge in [0.2, 0.25) is 0 Å². The van der Waals surface area contributed by atoms with Gasteiger partial charge in [-0.1, -0.05) is 15.9 Å². The molecule has 4 rings (SSSR count). The second-order valence-electron chi connectivity index (χ2n) is 7.77. The number of rotatable bonds is 5. The van der Waals surface area contributed by atoms with Crippen LogP contribution in [-0.4, -0.2) is 26.6 Å². The minimum atomic E-state index is -0.868. The van der Waals surface area contributed by atoms with E-state index in [0.29, 0.717) is 32.5 Å². The third kappa shape index (κ3) is 4.61. The number of nitrogens with two attached hydrogens (primary N) is 1. The lowest BCUT2D eigenvalue weighted by Crippen LogP contribution is -2.18. The van der Waals surface area contributed by atoms with Crippen molar-refractivity contribution in [1.29, 1.82) is 5.26 Å². The van der Waals surface area contributed by atoms with Gasteiger partial charge in [-0.2, -0.15) is 10.4 Å². The van der Waals surface area contributed by atoms with Crippen LogP contribution in [0.1, 0.15) is 43.4 Å². The Morgan fingerprint density at radius 2 is 1.86 bits per heavy atom. The van der Waals surface area contributed by atoms with Crippen molar-refractivity contribution in [1.82, 2.24) is 14.8 Å². The molecular formula is C24H17BrF2N6O2. The minimum Gasteiger partial charge on any atom is -0.364 e. The fourth-order valence-corrected chi connectivity index (χ4v) is 4.05. The van der Waals surface area contributed by atoms with Crippen molar-refractivity contribution in [3.63, 3.8) is 0 Å². The molecule has 0 radical (unpaired) electrons. The summed E-state index contributed by atoms with van der Waals surface area (Å²) in [5, 5.41) is 16.5. The number of aryl methyl sites for hydroxylation is 1. The molecule has 0 saturated carbocycles. The lowest BCUT2D eigenvalue weighted by Gasteiger charge is -2.11. The van der Waals surface area contributed by atoms with E-state index in [9.17, 15) is 18.4 Å². The average Bonchev–Trinajstić information content (AvgIpc) is 3.07. The van der Waals surface area contributed by atoms with Crippen LogP contribution in [0.25, 0.3) is 10.9 Å². The van der Waals surface area contributed by atoms with E-state index in [2.05, 4.69) is 31.3 Å². The Kier molecular flexibility index (Phi) is 6.32. The number of benzene rings is 2. The van der Waals surface area contributed by atoms with E-state index < -0.39 is 23.4 Å². The third-order valence-electron chi connectivity index (χ3n) is 5.47. The highest BCUT2D eigenvalue weighted by Crippen LogP contribution is 2.27. The lowest BCUT2D eigenvalue weighted by molar-refractivity contribution is 0.0996. The number of halogens is 3. The summed E-state index contributed by atoms with van der Waals surface area (Å²) in [6.45, 7) is 3.04. The largest absolute Gasteiger partial charge is 0.364 e. The zero-order valence-corrected chi connectivity index (χ0v) is 20.1. The van der Waals surface area contributed by atoms with Crippen molar-refractivity contribution >= 4 is 44.3 Å². The molecule has 0 saturated heterocycles. The van der Waals surface area contributed by atoms with Crippen molar-refractivity contribution in [2.75, 3.05) is 5.32 Å². The van der Waals surface area contributed by atoms with Crippen LogP contribution in [-0.2, 0) is 6.54 Å². The molecular weight excluding hydrogens is 522 g/mol. The van der Waals surface area contributed by atoms with Crippen LogP contribution in [0.2, 0.25) is 0 Å². The molecule has 2 amide bonds. The highest BCUT2D eigenvalue weighted by Gasteiger charge is 2.21. The summed E-state index contributed by atoms with van der Waals surface area (Å²) in [5.74, 6) is -3.06. The summed E-state index contributed by atoms with van der Waals surface area (Å²) >= 11 is 3.37. The first-order chi connectivity index (χ1) is 16.6. The Morgan fingerprint density at radius 3 is 2.49 bits per heavy atom. The lowest BCUT2D eigenvalue weighted by atomic mass is 10.1. The molecule has 2 aromatic carbocycles. The van der Waals surface area contributed by atoms with Gasteiger partial charge in [0.15, 0.2) is 0 Å². The number of amides is 2. The number of fused-ring (bicyclic) bond motifs is 1. The van der Waals surface area contributed by atoms with Crippen molar-refractivity contribution < 1.29 is 18.4 Å². The van der Waals surface area contributed by atoms with Crippen LogP contribution < -0.4 is 11.1 Å². The molecule has 0 bridgehead atoms. The van der Waals surface area contributed by atoms with Gasteiger partial charge in [0.1, 0.15) is 17.3 Å². The Labute approximate surface area is 206 Å². The van der Waals surface area contributed by atoms with E-state index >= 15 is 0 Å². The van der Waals surface area contributed by atoms with Crippen molar-refractivity contribution in [3.05, 3.63) is 86.3 Å². The molecule has 176 valence electrons. The van der Waals surface area contributed by atoms with Crippen LogP contribution in [0.4, 0.5) is 14.5 Å². The number of aromatic nitrogens is 3. The molecule has 0 aliphatic carbocycles. The molecule has 4 aromatic rings. The van der Waals surface area contributed by atoms with Gasteiger partial charge in [0.05, 0.1) is 46.3 Å². The topological polar surface area (TPSA) is 127 Å². The van der Waals surface area contributed by atoms with Gasteiger partial charge in [0, 0.05) is 15.4 Å². The molecule has 11 heteroatoms. The van der Waals surface area contributed by atoms with E-state index in [1.54, 1.807) is 38.1 Å². The Bertz CT molecular complexity index is 1550. The van der Waals surface area contributed by atoms with Crippen LogP contribution >= 0.6 is 15.9 Å². The summed E-state index contributed by atoms with van der Waals surface area (Å²) in [4.78, 5) is 29.2. The molecule has 2 aromatic heterocycles. The van der Waals surface area contributed by atoms with Gasteiger partial charge < -0.3 is 11.1 Å². The zero-order chi connectivity index (χ0) is 25.4. The van der Waals surface area contributed by atoms with E-state index in [1.165, 1.54) is 10.7 Å². The van der Waals surface area contributed by atoms with Gasteiger partial charge in [-0.15, -0.1) is 0 Å². The number of pyridine rings is 1. The summed E-state index contributed by atoms with van der Waals surface area (Å²) in [6.07, 6.45) is 0. The molecule has 0 unspecified atom stereocenters. The predicted octanol–water partition coefficient (Wildman–Crippen LogP) is 4.36. The Morgan fingerprint density at radius 1 is 1.17 bits per heavy atom. The van der Waals surface area contributed by atoms with Gasteiger partial charge in [-0.05, 0) is 50.2 Å². The molecule has 8 nitrogen and oxygen atoms in total. The zero-order valence-electron chi connectivity index (χ0n) is 18.5. The maximum absolute atomic E-state index is 14.4. The van der Waals surface area contributed by atoms with Gasteiger partial charge in [-0.3, -0.25) is 14.3 Å². The van der Waals surface area contributed by atoms with E-state index in [0.717, 1.165) is 12.1 Å². The molecule has 0 fully saturated rings. The quantitative estimate of drug-likeness (QED) is 0.390. The summed E-state index contributed by atoms with van der Waals surface area (Å²) < 4.78 is 30.8. The fourth-order valence-electron chi connectivity index (χ4n) is 3.69. The third-order valence-corrected chi connectivity index (χ3v) is 5.96. The number of carbonyl (C=O) groups is 2. The second-order valence-corrected chi connectivity index (χ2v) is 8.68. The number of primary amides is 1. The first kappa shape index (κ1) is 24.0. The highest BCUT2D eigenvalue weighted by molar-refractivity contribution is 9.10. The maximum Gasteiger partial charge on any atom is 0.267 e. The maximum atomic E-state index is 14.4. The number of hydrogen-bond donors (Lipinski definition) is 2. The number of anilines is 1. The van der Waals surface area contributed by atoms with Crippen LogP contribution in [0, 0.1) is 36.8 Å². The number of nitrogens with zero attached hydrogens (tertiary/aromatic N) is 4. The second kappa shape index (κ2) is 9.23. The van der Waals surface area contributed by atoms with Crippen molar-refractivity contribution in [2.45, 2.75) is 20.4 Å². The van der Waals surface area contributed by atoms with Crippen LogP contribution in [0.3, 0.4) is 0 Å². The first-order valence-corrected chi connectivity index (χ1v) is 11.0. The highest BCUT2D eigenvalue weighted by atomic mass is 79.9. The number of carbonyl (C=O) groups excluding carboxylic acids is 2. The monoisotopic (exact) mass is 538 g/mol. The first-order valence-electron chi connectivity index (χ1n) is 10.2. The van der Waals surface area contributed by atoms with Gasteiger partial charge in [0.25, 0.3) is 11.8 Å². The van der Waals surface area contributed by atoms with E-state index in [-0.39, 0.29) is 28.9 Å². The number of nitriles is 1. The smallest absolute Gasteiger partial charge is 0.267 e. The standard InChI is InChI=1S/C24H17BrF2N6O2/c1-11-22(12(2)33(32-11)10-17-18(26)5-13(9-28)6-19(17)27)31-24(35)16-8-21(23(29)34)30-20-4-3-14(25)7-15(16)20/h3-8H,10H2,1-2H3,(H2,29,34)(H,31,35). The van der Waals surface area contributed by atoms with Crippen molar-refractivity contribution in [2.24, 2.45) is 5.73 Å². The molecule has 0 aliphatic rings. The Balaban J connectivity index is 1.71. The molecule has 3 N–H and O–H groups in total. The fraction of sp³-hybridized carbons (Fsp3) is 0.125. The number of hydrogen-bond acceptors (Lipinski definition) is 5. The molecule has 35 heavy (non-hydrogen) atoms. The summed E-state index contributed by atoms with van der Waals surface area (Å²) in [7, 11) is 0. The molecule has 0 spiro atoms. The van der Waals surface area contributed by atoms with E-state index in [4.69, 9.17) is 11.0 Å². The molecule has 0 aliphatic heterocycles. The van der Waals surface area contributed by atoms with Crippen LogP contribution in [0.15, 0.2) is 40.9 Å². The number of nitrogens with one attached hydrogen (secondary N) is 1.